The molecule has 2 unspecified atom stereocenters. The summed E-state index contributed by atoms with van der Waals surface area (Å²) in [5.41, 5.74) is 1.32. The Morgan fingerprint density at radius 3 is 2.30 bits per heavy atom. The topological polar surface area (TPSA) is 57.5 Å². The predicted molar refractivity (Wildman–Crippen MR) is 153 cm³/mol. The van der Waals surface area contributed by atoms with Gasteiger partial charge in [-0.3, -0.25) is 0 Å². The van der Waals surface area contributed by atoms with Crippen molar-refractivity contribution in [2.24, 2.45) is 52.3 Å². The molecule has 0 spiro atoms. The molecule has 8 atom stereocenters. The SMILES string of the molecule is CC(C)CCCC(C)[C@H]1CC[C@H]2[C@@H]3CCC4CCCC[C@]4(C)[C@H]3CC[C@]12C.O=C(O)c1ccccc1O. The second kappa shape index (κ2) is 11.7. The molecular formula is C34H54O3. The quantitative estimate of drug-likeness (QED) is 0.400. The minimum Gasteiger partial charge on any atom is -0.507 e. The van der Waals surface area contributed by atoms with Gasteiger partial charge in [0, 0.05) is 0 Å². The smallest absolute Gasteiger partial charge is 0.339 e. The van der Waals surface area contributed by atoms with Crippen LogP contribution in [0.5, 0.6) is 5.75 Å². The van der Waals surface area contributed by atoms with E-state index in [1.54, 1.807) is 63.5 Å². The zero-order valence-corrected chi connectivity index (χ0v) is 24.3. The van der Waals surface area contributed by atoms with Crippen LogP contribution in [0.4, 0.5) is 0 Å². The monoisotopic (exact) mass is 510 g/mol. The number of aromatic hydroxyl groups is 1. The lowest BCUT2D eigenvalue weighted by Gasteiger charge is -2.61. The molecule has 0 amide bonds. The van der Waals surface area contributed by atoms with Crippen LogP contribution in [0.2, 0.25) is 0 Å². The summed E-state index contributed by atoms with van der Waals surface area (Å²) >= 11 is 0. The molecule has 0 bridgehead atoms. The minimum absolute atomic E-state index is 0.0671. The van der Waals surface area contributed by atoms with Gasteiger partial charge in [-0.05, 0) is 116 Å². The van der Waals surface area contributed by atoms with Crippen molar-refractivity contribution in [2.45, 2.75) is 118 Å². The highest BCUT2D eigenvalue weighted by atomic mass is 16.4. The van der Waals surface area contributed by atoms with Crippen LogP contribution in [-0.2, 0) is 0 Å². The number of rotatable bonds is 6. The summed E-state index contributed by atoms with van der Waals surface area (Å²) in [6.45, 7) is 12.9. The third-order valence-corrected chi connectivity index (χ3v) is 11.9. The molecule has 0 heterocycles. The molecule has 4 aliphatic carbocycles. The third-order valence-electron chi connectivity index (χ3n) is 11.9. The number of carbonyl (C=O) groups is 1. The average molecular weight is 511 g/mol. The van der Waals surface area contributed by atoms with Crippen molar-refractivity contribution in [3.05, 3.63) is 29.8 Å². The van der Waals surface area contributed by atoms with Crippen LogP contribution in [0, 0.1) is 52.3 Å². The molecule has 0 radical (unpaired) electrons. The van der Waals surface area contributed by atoms with Crippen molar-refractivity contribution in [2.75, 3.05) is 0 Å². The van der Waals surface area contributed by atoms with Crippen molar-refractivity contribution < 1.29 is 15.0 Å². The van der Waals surface area contributed by atoms with Crippen molar-refractivity contribution >= 4 is 5.97 Å². The Labute approximate surface area is 226 Å². The van der Waals surface area contributed by atoms with Gasteiger partial charge in [0.1, 0.15) is 11.3 Å². The summed E-state index contributed by atoms with van der Waals surface area (Å²) in [7, 11) is 0. The first-order valence-corrected chi connectivity index (χ1v) is 15.6. The molecule has 37 heavy (non-hydrogen) atoms. The van der Waals surface area contributed by atoms with E-state index in [4.69, 9.17) is 10.2 Å². The molecule has 1 aromatic rings. The summed E-state index contributed by atoms with van der Waals surface area (Å²) in [4.78, 5) is 10.3. The molecule has 0 saturated heterocycles. The standard InChI is InChI=1S/C27H48.C7H6O3/c1-19(2)9-8-10-20(3)23-14-15-24-22-13-12-21-11-6-7-17-26(21,4)25(22)16-18-27(23,24)5;8-6-4-2-1-3-5(6)7(9)10/h19-25H,6-18H2,1-5H3;1-4,8H,(H,9,10)/t20?,21?,22-,23+,24-,25-,26-,27+;/m0./s1. The molecule has 4 fully saturated rings. The van der Waals surface area contributed by atoms with Crippen LogP contribution in [0.15, 0.2) is 24.3 Å². The minimum atomic E-state index is -1.11. The van der Waals surface area contributed by atoms with Gasteiger partial charge in [-0.15, -0.1) is 0 Å². The summed E-state index contributed by atoms with van der Waals surface area (Å²) in [6, 6.07) is 5.81. The molecule has 208 valence electrons. The number of carboxylic acids is 1. The fourth-order valence-corrected chi connectivity index (χ4v) is 9.97. The second-order valence-electron chi connectivity index (χ2n) is 14.3. The summed E-state index contributed by atoms with van der Waals surface area (Å²) in [5, 5.41) is 17.3. The molecule has 0 aromatic heterocycles. The van der Waals surface area contributed by atoms with E-state index in [0.717, 1.165) is 41.4 Å². The molecular weight excluding hydrogens is 456 g/mol. The second-order valence-corrected chi connectivity index (χ2v) is 14.3. The highest BCUT2D eigenvalue weighted by molar-refractivity contribution is 5.90. The molecule has 4 saturated carbocycles. The first kappa shape index (κ1) is 28.5. The van der Waals surface area contributed by atoms with Gasteiger partial charge in [-0.25, -0.2) is 4.79 Å². The van der Waals surface area contributed by atoms with E-state index in [2.05, 4.69) is 34.6 Å². The van der Waals surface area contributed by atoms with Gasteiger partial charge >= 0.3 is 5.97 Å². The van der Waals surface area contributed by atoms with Gasteiger partial charge in [-0.1, -0.05) is 78.9 Å². The predicted octanol–water partition coefficient (Wildman–Crippen LogP) is 9.59. The Morgan fingerprint density at radius 1 is 0.892 bits per heavy atom. The van der Waals surface area contributed by atoms with E-state index in [0.29, 0.717) is 10.8 Å². The van der Waals surface area contributed by atoms with Crippen molar-refractivity contribution in [3.63, 3.8) is 0 Å². The van der Waals surface area contributed by atoms with Gasteiger partial charge < -0.3 is 10.2 Å². The van der Waals surface area contributed by atoms with E-state index in [1.165, 1.54) is 44.2 Å². The number of para-hydroxylation sites is 1. The molecule has 3 heteroatoms. The van der Waals surface area contributed by atoms with Crippen LogP contribution in [0.1, 0.15) is 128 Å². The van der Waals surface area contributed by atoms with E-state index >= 15 is 0 Å². The maximum atomic E-state index is 10.3. The van der Waals surface area contributed by atoms with Crippen LogP contribution in [0.25, 0.3) is 0 Å². The highest BCUT2D eigenvalue weighted by Gasteiger charge is 2.60. The third kappa shape index (κ3) is 5.76. The Kier molecular flexibility index (Phi) is 9.01. The van der Waals surface area contributed by atoms with Crippen molar-refractivity contribution in [1.29, 1.82) is 0 Å². The lowest BCUT2D eigenvalue weighted by Crippen LogP contribution is -2.53. The largest absolute Gasteiger partial charge is 0.507 e. The normalized spacial score (nSPS) is 37.5. The van der Waals surface area contributed by atoms with Crippen LogP contribution < -0.4 is 0 Å². The molecule has 5 rings (SSSR count). The Hall–Kier alpha value is -1.51. The summed E-state index contributed by atoms with van der Waals surface area (Å²) in [6.07, 6.45) is 19.9. The molecule has 2 N–H and O–H groups in total. The van der Waals surface area contributed by atoms with Crippen molar-refractivity contribution in [3.8, 4) is 5.75 Å². The lowest BCUT2D eigenvalue weighted by atomic mass is 9.44. The number of aromatic carboxylic acids is 1. The van der Waals surface area contributed by atoms with Gasteiger partial charge in [-0.2, -0.15) is 0 Å². The first-order chi connectivity index (χ1) is 17.6. The van der Waals surface area contributed by atoms with Gasteiger partial charge in [0.25, 0.3) is 0 Å². The van der Waals surface area contributed by atoms with Crippen molar-refractivity contribution in [1.82, 2.24) is 0 Å². The van der Waals surface area contributed by atoms with Gasteiger partial charge in [0.2, 0.25) is 0 Å². The Bertz CT molecular complexity index is 908. The molecule has 3 nitrogen and oxygen atoms in total. The van der Waals surface area contributed by atoms with E-state index in [1.807, 2.05) is 0 Å². The number of carboxylic acid groups (broad SMARTS) is 1. The van der Waals surface area contributed by atoms with Gasteiger partial charge in [0.05, 0.1) is 0 Å². The van der Waals surface area contributed by atoms with Gasteiger partial charge in [0.15, 0.2) is 0 Å². The van der Waals surface area contributed by atoms with E-state index in [9.17, 15) is 4.79 Å². The lowest BCUT2D eigenvalue weighted by molar-refractivity contribution is -0.114. The van der Waals surface area contributed by atoms with Crippen LogP contribution in [0.3, 0.4) is 0 Å². The maximum Gasteiger partial charge on any atom is 0.339 e. The zero-order valence-electron chi connectivity index (χ0n) is 24.3. The fraction of sp³-hybridized carbons (Fsp3) is 0.794. The zero-order chi connectivity index (χ0) is 26.8. The number of hydrogen-bond acceptors (Lipinski definition) is 2. The van der Waals surface area contributed by atoms with E-state index in [-0.39, 0.29) is 11.3 Å². The average Bonchev–Trinajstić information content (AvgIpc) is 3.21. The number of fused-ring (bicyclic) bond motifs is 5. The number of phenols is 1. The first-order valence-electron chi connectivity index (χ1n) is 15.6. The number of hydrogen-bond donors (Lipinski definition) is 2. The van der Waals surface area contributed by atoms with Crippen LogP contribution in [-0.4, -0.2) is 16.2 Å². The van der Waals surface area contributed by atoms with E-state index < -0.39 is 5.97 Å². The summed E-state index contributed by atoms with van der Waals surface area (Å²) in [5.74, 6) is 5.83. The Morgan fingerprint density at radius 2 is 1.62 bits per heavy atom. The highest BCUT2D eigenvalue weighted by Crippen LogP contribution is 2.68. The molecule has 0 aliphatic heterocycles. The molecule has 1 aromatic carbocycles. The molecule has 4 aliphatic rings. The maximum absolute atomic E-state index is 10.3. The number of benzene rings is 1. The fourth-order valence-electron chi connectivity index (χ4n) is 9.97. The summed E-state index contributed by atoms with van der Waals surface area (Å²) < 4.78 is 0. The Balaban J connectivity index is 0.000000270. The van der Waals surface area contributed by atoms with Crippen LogP contribution >= 0.6 is 0 Å².